The van der Waals surface area contributed by atoms with E-state index in [4.69, 9.17) is 4.74 Å². The van der Waals surface area contributed by atoms with E-state index in [9.17, 15) is 4.79 Å². The van der Waals surface area contributed by atoms with E-state index in [1.54, 1.807) is 6.20 Å². The average molecular weight is 318 g/mol. The molecule has 2 amide bonds. The lowest BCUT2D eigenvalue weighted by molar-refractivity contribution is -0.0367. The third kappa shape index (κ3) is 3.48. The second kappa shape index (κ2) is 6.45. The molecule has 2 aliphatic heterocycles. The van der Waals surface area contributed by atoms with E-state index >= 15 is 0 Å². The number of amides is 2. The first-order valence-corrected chi connectivity index (χ1v) is 8.22. The van der Waals surface area contributed by atoms with Crippen molar-refractivity contribution in [1.29, 1.82) is 0 Å². The number of pyridine rings is 1. The molecule has 126 valence electrons. The van der Waals surface area contributed by atoms with E-state index in [-0.39, 0.29) is 17.6 Å². The summed E-state index contributed by atoms with van der Waals surface area (Å²) in [6.07, 6.45) is 3.77. The molecule has 0 spiro atoms. The monoisotopic (exact) mass is 318 g/mol. The number of aromatic nitrogens is 1. The molecule has 1 aromatic heterocycles. The van der Waals surface area contributed by atoms with Crippen molar-refractivity contribution >= 4 is 6.03 Å². The van der Waals surface area contributed by atoms with Crippen LogP contribution in [0.25, 0.3) is 0 Å². The van der Waals surface area contributed by atoms with E-state index in [1.165, 1.54) is 0 Å². The maximum Gasteiger partial charge on any atom is 0.317 e. The van der Waals surface area contributed by atoms with Crippen LogP contribution < -0.4 is 5.32 Å². The Morgan fingerprint density at radius 3 is 3.00 bits per heavy atom. The van der Waals surface area contributed by atoms with Crippen molar-refractivity contribution in [2.45, 2.75) is 31.4 Å². The van der Waals surface area contributed by atoms with Crippen LogP contribution in [0.1, 0.15) is 19.4 Å². The molecule has 0 saturated carbocycles. The van der Waals surface area contributed by atoms with Crippen LogP contribution in [0.15, 0.2) is 24.5 Å². The number of hydrogen-bond donors (Lipinski definition) is 1. The smallest absolute Gasteiger partial charge is 0.317 e. The van der Waals surface area contributed by atoms with E-state index in [0.717, 1.165) is 25.3 Å². The summed E-state index contributed by atoms with van der Waals surface area (Å²) in [6, 6.07) is 4.29. The first-order valence-electron chi connectivity index (χ1n) is 8.22. The van der Waals surface area contributed by atoms with Crippen LogP contribution in [0, 0.1) is 0 Å². The molecule has 0 bridgehead atoms. The Bertz CT molecular complexity index is 549. The number of likely N-dealkylation sites (tertiary alicyclic amines) is 1. The zero-order chi connectivity index (χ0) is 16.4. The van der Waals surface area contributed by atoms with Gasteiger partial charge in [-0.15, -0.1) is 0 Å². The van der Waals surface area contributed by atoms with Crippen LogP contribution in [0.5, 0.6) is 0 Å². The minimum atomic E-state index is -0.149. The Hall–Kier alpha value is -1.66. The number of rotatable bonds is 3. The standard InChI is InChI=1S/C17H26N4O2/c1-17(2,13-5-4-6-18-9-13)12-19-16(22)21-10-14-15(11-21)23-8-7-20(14)3/h4-6,9,14-15H,7-8,10-12H2,1-3H3,(H,19,22)/t14-,15+/m0/s1. The summed E-state index contributed by atoms with van der Waals surface area (Å²) in [7, 11) is 2.10. The molecule has 6 heteroatoms. The van der Waals surface area contributed by atoms with Gasteiger partial charge >= 0.3 is 6.03 Å². The highest BCUT2D eigenvalue weighted by Crippen LogP contribution is 2.23. The molecule has 2 aliphatic rings. The van der Waals surface area contributed by atoms with Gasteiger partial charge in [-0.2, -0.15) is 0 Å². The first kappa shape index (κ1) is 16.2. The third-order valence-corrected chi connectivity index (χ3v) is 4.99. The lowest BCUT2D eigenvalue weighted by Crippen LogP contribution is -2.48. The Morgan fingerprint density at radius 2 is 2.30 bits per heavy atom. The van der Waals surface area contributed by atoms with Gasteiger partial charge in [-0.05, 0) is 18.7 Å². The van der Waals surface area contributed by atoms with Gasteiger partial charge in [0.25, 0.3) is 0 Å². The van der Waals surface area contributed by atoms with E-state index in [2.05, 4.69) is 36.1 Å². The van der Waals surface area contributed by atoms with Crippen LogP contribution in [0.4, 0.5) is 4.79 Å². The number of hydrogen-bond acceptors (Lipinski definition) is 4. The maximum absolute atomic E-state index is 12.5. The second-order valence-corrected chi connectivity index (χ2v) is 7.15. The summed E-state index contributed by atoms with van der Waals surface area (Å²) in [4.78, 5) is 20.8. The fourth-order valence-electron chi connectivity index (χ4n) is 3.30. The number of ether oxygens (including phenoxy) is 1. The van der Waals surface area contributed by atoms with Gasteiger partial charge < -0.3 is 15.0 Å². The number of carbonyl (C=O) groups excluding carboxylic acids is 1. The van der Waals surface area contributed by atoms with Crippen LogP contribution in [0.2, 0.25) is 0 Å². The Morgan fingerprint density at radius 1 is 1.48 bits per heavy atom. The quantitative estimate of drug-likeness (QED) is 0.906. The molecule has 1 N–H and O–H groups in total. The van der Waals surface area contributed by atoms with Crippen molar-refractivity contribution in [3.8, 4) is 0 Å². The Labute approximate surface area is 137 Å². The fourth-order valence-corrected chi connectivity index (χ4v) is 3.30. The number of carbonyl (C=O) groups is 1. The SMILES string of the molecule is CN1CCO[C@@H]2CN(C(=O)NCC(C)(C)c3cccnc3)C[C@@H]21. The lowest BCUT2D eigenvalue weighted by Gasteiger charge is -2.33. The van der Waals surface area contributed by atoms with Gasteiger partial charge in [-0.3, -0.25) is 9.88 Å². The third-order valence-electron chi connectivity index (χ3n) is 4.99. The molecule has 23 heavy (non-hydrogen) atoms. The highest BCUT2D eigenvalue weighted by atomic mass is 16.5. The predicted octanol–water partition coefficient (Wildman–Crippen LogP) is 1.08. The summed E-state index contributed by atoms with van der Waals surface area (Å²) >= 11 is 0. The molecular weight excluding hydrogens is 292 g/mol. The minimum absolute atomic E-state index is 0.00614. The van der Waals surface area contributed by atoms with Crippen LogP contribution in [-0.4, -0.2) is 72.8 Å². The molecule has 0 aromatic carbocycles. The zero-order valence-corrected chi connectivity index (χ0v) is 14.2. The van der Waals surface area contributed by atoms with Crippen molar-refractivity contribution < 1.29 is 9.53 Å². The Kier molecular flexibility index (Phi) is 4.55. The Balaban J connectivity index is 1.56. The number of fused-ring (bicyclic) bond motifs is 1. The summed E-state index contributed by atoms with van der Waals surface area (Å²) in [5.74, 6) is 0. The summed E-state index contributed by atoms with van der Waals surface area (Å²) in [5.41, 5.74) is 0.974. The zero-order valence-electron chi connectivity index (χ0n) is 14.2. The molecule has 0 aliphatic carbocycles. The molecular formula is C17H26N4O2. The van der Waals surface area contributed by atoms with Crippen molar-refractivity contribution in [2.24, 2.45) is 0 Å². The second-order valence-electron chi connectivity index (χ2n) is 7.15. The van der Waals surface area contributed by atoms with Crippen molar-refractivity contribution in [3.63, 3.8) is 0 Å². The van der Waals surface area contributed by atoms with Gasteiger partial charge in [-0.1, -0.05) is 19.9 Å². The first-order chi connectivity index (χ1) is 11.0. The number of nitrogens with zero attached hydrogens (tertiary/aromatic N) is 3. The molecule has 6 nitrogen and oxygen atoms in total. The molecule has 2 fully saturated rings. The average Bonchev–Trinajstić information content (AvgIpc) is 2.99. The summed E-state index contributed by atoms with van der Waals surface area (Å²) in [5, 5.41) is 3.07. The molecule has 2 saturated heterocycles. The topological polar surface area (TPSA) is 57.7 Å². The maximum atomic E-state index is 12.5. The normalized spacial score (nSPS) is 25.3. The van der Waals surface area contributed by atoms with Crippen molar-refractivity contribution in [2.75, 3.05) is 39.8 Å². The highest BCUT2D eigenvalue weighted by molar-refractivity contribution is 5.74. The number of likely N-dealkylation sites (N-methyl/N-ethyl adjacent to an activating group) is 1. The van der Waals surface area contributed by atoms with Crippen LogP contribution in [0.3, 0.4) is 0 Å². The molecule has 0 radical (unpaired) electrons. The molecule has 1 aromatic rings. The van der Waals surface area contributed by atoms with Crippen LogP contribution >= 0.6 is 0 Å². The van der Waals surface area contributed by atoms with E-state index in [0.29, 0.717) is 19.1 Å². The van der Waals surface area contributed by atoms with Crippen molar-refractivity contribution in [3.05, 3.63) is 30.1 Å². The van der Waals surface area contributed by atoms with Gasteiger partial charge in [-0.25, -0.2) is 4.79 Å². The molecule has 2 atom stereocenters. The van der Waals surface area contributed by atoms with Crippen molar-refractivity contribution in [1.82, 2.24) is 20.1 Å². The largest absolute Gasteiger partial charge is 0.373 e. The molecule has 3 heterocycles. The predicted molar refractivity (Wildman–Crippen MR) is 88.4 cm³/mol. The number of nitrogens with one attached hydrogen (secondary N) is 1. The van der Waals surface area contributed by atoms with Crippen LogP contribution in [-0.2, 0) is 10.2 Å². The van der Waals surface area contributed by atoms with E-state index < -0.39 is 0 Å². The summed E-state index contributed by atoms with van der Waals surface area (Å²) in [6.45, 7) is 7.91. The van der Waals surface area contributed by atoms with Gasteiger partial charge in [0.1, 0.15) is 0 Å². The van der Waals surface area contributed by atoms with Gasteiger partial charge in [0, 0.05) is 37.4 Å². The van der Waals surface area contributed by atoms with Gasteiger partial charge in [0.05, 0.1) is 25.3 Å². The van der Waals surface area contributed by atoms with Gasteiger partial charge in [0.2, 0.25) is 0 Å². The highest BCUT2D eigenvalue weighted by Gasteiger charge is 2.40. The van der Waals surface area contributed by atoms with E-state index in [1.807, 2.05) is 23.2 Å². The number of urea groups is 1. The summed E-state index contributed by atoms with van der Waals surface area (Å²) < 4.78 is 5.80. The van der Waals surface area contributed by atoms with Gasteiger partial charge in [0.15, 0.2) is 0 Å². The number of morpholine rings is 1. The molecule has 0 unspecified atom stereocenters. The fraction of sp³-hybridized carbons (Fsp3) is 0.647. The minimum Gasteiger partial charge on any atom is -0.373 e. The molecule has 3 rings (SSSR count). The lowest BCUT2D eigenvalue weighted by atomic mass is 9.86.